The summed E-state index contributed by atoms with van der Waals surface area (Å²) in [5.74, 6) is -0.682. The zero-order chi connectivity index (χ0) is 25.1. The Morgan fingerprint density at radius 3 is 2.32 bits per heavy atom. The molecule has 1 saturated heterocycles. The predicted octanol–water partition coefficient (Wildman–Crippen LogP) is 2.73. The number of carbonyl (C=O) groups is 1. The average Bonchev–Trinajstić information content (AvgIpc) is 2.78. The Kier molecular flexibility index (Phi) is 8.02. The molecule has 0 unspecified atom stereocenters. The Morgan fingerprint density at radius 1 is 1.06 bits per heavy atom. The van der Waals surface area contributed by atoms with Crippen LogP contribution in [0.25, 0.3) is 0 Å². The van der Waals surface area contributed by atoms with E-state index in [1.807, 2.05) is 6.92 Å². The molecule has 2 aromatic carbocycles. The maximum absolute atomic E-state index is 13.1. The van der Waals surface area contributed by atoms with Crippen LogP contribution in [0.5, 0.6) is 5.75 Å². The van der Waals surface area contributed by atoms with Crippen LogP contribution in [0.4, 0.5) is 5.69 Å². The predicted molar refractivity (Wildman–Crippen MR) is 130 cm³/mol. The molecule has 186 valence electrons. The van der Waals surface area contributed by atoms with Crippen molar-refractivity contribution in [1.82, 2.24) is 9.03 Å². The van der Waals surface area contributed by atoms with Gasteiger partial charge in [0.1, 0.15) is 5.75 Å². The van der Waals surface area contributed by atoms with Gasteiger partial charge in [0.25, 0.3) is 0 Å². The molecule has 34 heavy (non-hydrogen) atoms. The summed E-state index contributed by atoms with van der Waals surface area (Å²) in [7, 11) is -6.08. The van der Waals surface area contributed by atoms with Crippen LogP contribution in [-0.4, -0.2) is 53.3 Å². The van der Waals surface area contributed by atoms with Crippen molar-refractivity contribution >= 4 is 31.6 Å². The van der Waals surface area contributed by atoms with Gasteiger partial charge in [-0.3, -0.25) is 4.79 Å². The Morgan fingerprint density at radius 2 is 1.71 bits per heavy atom. The van der Waals surface area contributed by atoms with E-state index in [2.05, 4.69) is 10.0 Å². The lowest BCUT2D eigenvalue weighted by molar-refractivity contribution is -0.120. The maximum Gasteiger partial charge on any atom is 0.243 e. The molecule has 2 aromatic rings. The number of hydrogen-bond acceptors (Lipinski definition) is 6. The zero-order valence-corrected chi connectivity index (χ0v) is 21.4. The van der Waals surface area contributed by atoms with E-state index in [-0.39, 0.29) is 28.1 Å². The number of methoxy groups -OCH3 is 1. The van der Waals surface area contributed by atoms with Crippen molar-refractivity contribution < 1.29 is 26.4 Å². The van der Waals surface area contributed by atoms with E-state index < -0.39 is 31.9 Å². The van der Waals surface area contributed by atoms with E-state index in [9.17, 15) is 21.6 Å². The van der Waals surface area contributed by atoms with Gasteiger partial charge in [0.05, 0.1) is 28.5 Å². The van der Waals surface area contributed by atoms with Crippen LogP contribution in [0.1, 0.15) is 32.3 Å². The first-order valence-corrected chi connectivity index (χ1v) is 13.9. The van der Waals surface area contributed by atoms with Crippen LogP contribution in [-0.2, 0) is 24.8 Å². The molecule has 1 aliphatic heterocycles. The fourth-order valence-electron chi connectivity index (χ4n) is 3.80. The van der Waals surface area contributed by atoms with Crippen LogP contribution in [0.2, 0.25) is 0 Å². The minimum Gasteiger partial charge on any atom is -0.495 e. The summed E-state index contributed by atoms with van der Waals surface area (Å²) in [6, 6.07) is 10.5. The third kappa shape index (κ3) is 5.96. The van der Waals surface area contributed by atoms with Crippen LogP contribution in [0.15, 0.2) is 52.3 Å². The third-order valence-corrected chi connectivity index (χ3v) is 9.08. The highest BCUT2D eigenvalue weighted by Gasteiger charge is 2.33. The first-order chi connectivity index (χ1) is 15.9. The fraction of sp³-hybridized carbons (Fsp3) is 0.435. The van der Waals surface area contributed by atoms with Gasteiger partial charge in [-0.1, -0.05) is 17.7 Å². The van der Waals surface area contributed by atoms with Gasteiger partial charge in [0.15, 0.2) is 0 Å². The van der Waals surface area contributed by atoms with Gasteiger partial charge in [0.2, 0.25) is 26.0 Å². The monoisotopic (exact) mass is 509 g/mol. The molecule has 2 N–H and O–H groups in total. The number of nitrogens with one attached hydrogen (secondary N) is 2. The van der Waals surface area contributed by atoms with Gasteiger partial charge < -0.3 is 10.1 Å². The highest BCUT2D eigenvalue weighted by Crippen LogP contribution is 2.30. The van der Waals surface area contributed by atoms with E-state index in [1.54, 1.807) is 38.1 Å². The van der Waals surface area contributed by atoms with Crippen molar-refractivity contribution in [2.24, 2.45) is 5.92 Å². The van der Waals surface area contributed by atoms with E-state index in [0.29, 0.717) is 25.1 Å². The number of rotatable bonds is 8. The Balaban J connectivity index is 1.80. The van der Waals surface area contributed by atoms with Gasteiger partial charge >= 0.3 is 0 Å². The Bertz CT molecular complexity index is 1240. The lowest BCUT2D eigenvalue weighted by Crippen LogP contribution is -2.43. The van der Waals surface area contributed by atoms with Crippen LogP contribution >= 0.6 is 0 Å². The second-order valence-corrected chi connectivity index (χ2v) is 12.3. The van der Waals surface area contributed by atoms with Gasteiger partial charge in [-0.05, 0) is 63.9 Å². The quantitative estimate of drug-likeness (QED) is 0.564. The van der Waals surface area contributed by atoms with Crippen molar-refractivity contribution in [2.45, 2.75) is 49.4 Å². The molecular weight excluding hydrogens is 478 g/mol. The number of carbonyl (C=O) groups excluding carboxylic acids is 1. The number of nitrogens with zero attached hydrogens (tertiary/aromatic N) is 1. The standard InChI is InChI=1S/C23H31N3O6S2/c1-16(2)25-33(28,29)20-11-12-22(32-4)21(14-20)24-23(27)18-6-5-13-26(15-18)34(30,31)19-9-7-17(3)8-10-19/h7-12,14,16,18,25H,5-6,13,15H2,1-4H3,(H,24,27)/t18-/m1/s1. The molecule has 0 spiro atoms. The molecule has 1 atom stereocenters. The number of anilines is 1. The largest absolute Gasteiger partial charge is 0.495 e. The number of ether oxygens (including phenoxy) is 1. The number of sulfonamides is 2. The van der Waals surface area contributed by atoms with Crippen molar-refractivity contribution in [3.8, 4) is 5.75 Å². The Labute approximate surface area is 201 Å². The highest BCUT2D eigenvalue weighted by molar-refractivity contribution is 7.89. The summed E-state index contributed by atoms with van der Waals surface area (Å²) < 4.78 is 60.4. The molecule has 0 aromatic heterocycles. The summed E-state index contributed by atoms with van der Waals surface area (Å²) in [6.07, 6.45) is 1.05. The highest BCUT2D eigenvalue weighted by atomic mass is 32.2. The second kappa shape index (κ2) is 10.4. The van der Waals surface area contributed by atoms with Crippen molar-refractivity contribution in [3.63, 3.8) is 0 Å². The van der Waals surface area contributed by atoms with Crippen LogP contribution in [0.3, 0.4) is 0 Å². The smallest absolute Gasteiger partial charge is 0.243 e. The molecule has 0 radical (unpaired) electrons. The second-order valence-electron chi connectivity index (χ2n) is 8.64. The van der Waals surface area contributed by atoms with Gasteiger partial charge in [-0.2, -0.15) is 4.31 Å². The third-order valence-electron chi connectivity index (χ3n) is 5.54. The van der Waals surface area contributed by atoms with E-state index in [1.165, 1.54) is 29.6 Å². The normalized spacial score (nSPS) is 17.5. The molecule has 0 aliphatic carbocycles. The van der Waals surface area contributed by atoms with Crippen molar-refractivity contribution in [1.29, 1.82) is 0 Å². The number of hydrogen-bond donors (Lipinski definition) is 2. The topological polar surface area (TPSA) is 122 Å². The van der Waals surface area contributed by atoms with Gasteiger partial charge in [0, 0.05) is 19.1 Å². The summed E-state index contributed by atoms with van der Waals surface area (Å²) in [4.78, 5) is 13.3. The first kappa shape index (κ1) is 26.1. The molecular formula is C23H31N3O6S2. The molecule has 1 aliphatic rings. The van der Waals surface area contributed by atoms with E-state index in [0.717, 1.165) is 5.56 Å². The molecule has 1 fully saturated rings. The molecule has 1 heterocycles. The summed E-state index contributed by atoms with van der Waals surface area (Å²) in [5.41, 5.74) is 1.16. The zero-order valence-electron chi connectivity index (χ0n) is 19.7. The van der Waals surface area contributed by atoms with Crippen LogP contribution < -0.4 is 14.8 Å². The summed E-state index contributed by atoms with van der Waals surface area (Å²) in [6.45, 7) is 5.67. The minimum absolute atomic E-state index is 0.00970. The SMILES string of the molecule is COc1ccc(S(=O)(=O)NC(C)C)cc1NC(=O)[C@@H]1CCCN(S(=O)(=O)c2ccc(C)cc2)C1. The van der Waals surface area contributed by atoms with E-state index in [4.69, 9.17) is 4.74 Å². The molecule has 0 bridgehead atoms. The summed E-state index contributed by atoms with van der Waals surface area (Å²) in [5, 5.41) is 2.74. The number of aryl methyl sites for hydroxylation is 1. The fourth-order valence-corrected chi connectivity index (χ4v) is 6.60. The van der Waals surface area contributed by atoms with Gasteiger partial charge in [-0.25, -0.2) is 21.6 Å². The van der Waals surface area contributed by atoms with E-state index >= 15 is 0 Å². The number of benzene rings is 2. The van der Waals surface area contributed by atoms with Crippen LogP contribution in [0, 0.1) is 12.8 Å². The lowest BCUT2D eigenvalue weighted by atomic mass is 9.98. The van der Waals surface area contributed by atoms with Crippen molar-refractivity contribution in [2.75, 3.05) is 25.5 Å². The molecule has 9 nitrogen and oxygen atoms in total. The van der Waals surface area contributed by atoms with Crippen molar-refractivity contribution in [3.05, 3.63) is 48.0 Å². The van der Waals surface area contributed by atoms with Gasteiger partial charge in [-0.15, -0.1) is 0 Å². The molecule has 1 amide bonds. The average molecular weight is 510 g/mol. The molecule has 0 saturated carbocycles. The lowest BCUT2D eigenvalue weighted by Gasteiger charge is -2.31. The minimum atomic E-state index is -3.77. The maximum atomic E-state index is 13.1. The number of piperidine rings is 1. The molecule has 3 rings (SSSR count). The molecule has 11 heteroatoms. The number of amides is 1. The first-order valence-electron chi connectivity index (χ1n) is 11.0. The summed E-state index contributed by atoms with van der Waals surface area (Å²) >= 11 is 0. The Hall–Kier alpha value is -2.47.